The molecule has 0 aliphatic carbocycles. The van der Waals surface area contributed by atoms with Crippen LogP contribution in [0.3, 0.4) is 0 Å². The van der Waals surface area contributed by atoms with Crippen molar-refractivity contribution in [2.75, 3.05) is 31.9 Å². The zero-order valence-corrected chi connectivity index (χ0v) is 12.0. The average Bonchev–Trinajstić information content (AvgIpc) is 2.74. The molecule has 2 amide bonds. The molecular formula is C12H23N3O3S. The molecule has 0 bridgehead atoms. The van der Waals surface area contributed by atoms with Crippen LogP contribution in [-0.4, -0.2) is 51.6 Å². The topological polar surface area (TPSA) is 87.3 Å². The SMILES string of the molecule is O=C(NCC1CCCNC1)NCC1CCCS1(=O)=O. The minimum atomic E-state index is -2.97. The van der Waals surface area contributed by atoms with Crippen LogP contribution < -0.4 is 16.0 Å². The van der Waals surface area contributed by atoms with Crippen LogP contribution >= 0.6 is 0 Å². The van der Waals surface area contributed by atoms with Gasteiger partial charge in [-0.05, 0) is 44.7 Å². The maximum atomic E-state index is 11.6. The highest BCUT2D eigenvalue weighted by molar-refractivity contribution is 7.92. The molecule has 0 aromatic heterocycles. The highest BCUT2D eigenvalue weighted by Crippen LogP contribution is 2.18. The van der Waals surface area contributed by atoms with Gasteiger partial charge in [0.05, 0.1) is 11.0 Å². The lowest BCUT2D eigenvalue weighted by Gasteiger charge is -2.23. The highest BCUT2D eigenvalue weighted by Gasteiger charge is 2.31. The Morgan fingerprint density at radius 2 is 1.95 bits per heavy atom. The molecule has 2 rings (SSSR count). The summed E-state index contributed by atoms with van der Waals surface area (Å²) in [5, 5.41) is 8.39. The lowest BCUT2D eigenvalue weighted by molar-refractivity contribution is 0.237. The second kappa shape index (κ2) is 6.56. The molecule has 19 heavy (non-hydrogen) atoms. The van der Waals surface area contributed by atoms with E-state index in [0.717, 1.165) is 25.9 Å². The first-order valence-corrected chi connectivity index (χ1v) is 8.73. The van der Waals surface area contributed by atoms with Gasteiger partial charge in [-0.25, -0.2) is 13.2 Å². The van der Waals surface area contributed by atoms with Crippen LogP contribution in [0, 0.1) is 5.92 Å². The normalized spacial score (nSPS) is 29.9. The van der Waals surface area contributed by atoms with Crippen LogP contribution in [0.5, 0.6) is 0 Å². The zero-order chi connectivity index (χ0) is 13.7. The molecule has 2 aliphatic rings. The highest BCUT2D eigenvalue weighted by atomic mass is 32.2. The van der Waals surface area contributed by atoms with Gasteiger partial charge in [0.25, 0.3) is 0 Å². The van der Waals surface area contributed by atoms with E-state index in [1.807, 2.05) is 0 Å². The van der Waals surface area contributed by atoms with Gasteiger partial charge in [-0.1, -0.05) is 0 Å². The van der Waals surface area contributed by atoms with Gasteiger partial charge in [0.1, 0.15) is 0 Å². The molecule has 110 valence electrons. The standard InChI is InChI=1S/C12H23N3O3S/c16-12(14-8-10-3-1-5-13-7-10)15-9-11-4-2-6-19(11,17)18/h10-11,13H,1-9H2,(H2,14,15,16). The van der Waals surface area contributed by atoms with E-state index in [4.69, 9.17) is 0 Å². The summed E-state index contributed by atoms with van der Waals surface area (Å²) in [6.07, 6.45) is 3.65. The lowest BCUT2D eigenvalue weighted by atomic mass is 10.00. The number of piperidine rings is 1. The number of hydrogen-bond donors (Lipinski definition) is 3. The maximum absolute atomic E-state index is 11.6. The molecule has 0 spiro atoms. The van der Waals surface area contributed by atoms with Gasteiger partial charge in [0.2, 0.25) is 0 Å². The third-order valence-corrected chi connectivity index (χ3v) is 6.18. The Hall–Kier alpha value is -0.820. The van der Waals surface area contributed by atoms with E-state index in [0.29, 0.717) is 25.3 Å². The molecule has 2 fully saturated rings. The molecule has 2 heterocycles. The fourth-order valence-electron chi connectivity index (χ4n) is 2.69. The number of nitrogens with one attached hydrogen (secondary N) is 3. The largest absolute Gasteiger partial charge is 0.338 e. The minimum Gasteiger partial charge on any atom is -0.338 e. The monoisotopic (exact) mass is 289 g/mol. The molecule has 2 atom stereocenters. The quantitative estimate of drug-likeness (QED) is 0.672. The van der Waals surface area contributed by atoms with Crippen LogP contribution in [0.25, 0.3) is 0 Å². The van der Waals surface area contributed by atoms with Crippen LogP contribution in [0.2, 0.25) is 0 Å². The fraction of sp³-hybridized carbons (Fsp3) is 0.917. The van der Waals surface area contributed by atoms with E-state index in [9.17, 15) is 13.2 Å². The van der Waals surface area contributed by atoms with E-state index >= 15 is 0 Å². The second-order valence-corrected chi connectivity index (χ2v) is 7.84. The van der Waals surface area contributed by atoms with Crippen LogP contribution in [0.15, 0.2) is 0 Å². The summed E-state index contributed by atoms with van der Waals surface area (Å²) in [4.78, 5) is 11.6. The Morgan fingerprint density at radius 3 is 2.58 bits per heavy atom. The first-order valence-electron chi connectivity index (χ1n) is 7.02. The number of carbonyl (C=O) groups is 1. The van der Waals surface area contributed by atoms with Crippen molar-refractivity contribution in [2.45, 2.75) is 30.9 Å². The molecule has 0 saturated carbocycles. The summed E-state index contributed by atoms with van der Waals surface area (Å²) in [5.74, 6) is 0.740. The molecular weight excluding hydrogens is 266 g/mol. The molecule has 2 unspecified atom stereocenters. The number of carbonyl (C=O) groups excluding carboxylic acids is 1. The smallest absolute Gasteiger partial charge is 0.314 e. The molecule has 2 saturated heterocycles. The summed E-state index contributed by atoms with van der Waals surface area (Å²) in [7, 11) is -2.97. The van der Waals surface area contributed by atoms with Crippen molar-refractivity contribution in [1.29, 1.82) is 0 Å². The van der Waals surface area contributed by atoms with Crippen molar-refractivity contribution in [3.05, 3.63) is 0 Å². The minimum absolute atomic E-state index is 0.233. The molecule has 6 nitrogen and oxygen atoms in total. The van der Waals surface area contributed by atoms with Gasteiger partial charge in [-0.3, -0.25) is 0 Å². The van der Waals surface area contributed by atoms with Gasteiger partial charge in [0, 0.05) is 13.1 Å². The van der Waals surface area contributed by atoms with Gasteiger partial charge < -0.3 is 16.0 Å². The Bertz CT molecular complexity index is 404. The van der Waals surface area contributed by atoms with Crippen molar-refractivity contribution in [3.63, 3.8) is 0 Å². The number of sulfone groups is 1. The maximum Gasteiger partial charge on any atom is 0.314 e. The summed E-state index contributed by atoms with van der Waals surface area (Å²) in [6.45, 7) is 2.88. The van der Waals surface area contributed by atoms with Gasteiger partial charge in [0.15, 0.2) is 9.84 Å². The summed E-state index contributed by atoms with van der Waals surface area (Å²) >= 11 is 0. The Labute approximate surface area is 114 Å². The van der Waals surface area contributed by atoms with Crippen LogP contribution in [0.1, 0.15) is 25.7 Å². The molecule has 2 aliphatic heterocycles. The van der Waals surface area contributed by atoms with Gasteiger partial charge in [-0.2, -0.15) is 0 Å². The van der Waals surface area contributed by atoms with Crippen molar-refractivity contribution in [1.82, 2.24) is 16.0 Å². The van der Waals surface area contributed by atoms with Crippen LogP contribution in [-0.2, 0) is 9.84 Å². The molecule has 0 radical (unpaired) electrons. The van der Waals surface area contributed by atoms with E-state index in [1.54, 1.807) is 0 Å². The molecule has 7 heteroatoms. The predicted molar refractivity (Wildman–Crippen MR) is 73.8 cm³/mol. The summed E-state index contributed by atoms with van der Waals surface area (Å²) in [6, 6.07) is -0.257. The Balaban J connectivity index is 1.64. The second-order valence-electron chi connectivity index (χ2n) is 5.43. The van der Waals surface area contributed by atoms with Crippen molar-refractivity contribution in [3.8, 4) is 0 Å². The first kappa shape index (κ1) is 14.6. The fourth-order valence-corrected chi connectivity index (χ4v) is 4.46. The Kier molecular flexibility index (Phi) is 5.04. The average molecular weight is 289 g/mol. The van der Waals surface area contributed by atoms with Crippen molar-refractivity contribution in [2.24, 2.45) is 5.92 Å². The predicted octanol–water partition coefficient (Wildman–Crippen LogP) is -0.138. The Morgan fingerprint density at radius 1 is 1.16 bits per heavy atom. The van der Waals surface area contributed by atoms with Gasteiger partial charge >= 0.3 is 6.03 Å². The van der Waals surface area contributed by atoms with Crippen molar-refractivity contribution >= 4 is 15.9 Å². The van der Waals surface area contributed by atoms with Gasteiger partial charge in [-0.15, -0.1) is 0 Å². The molecule has 0 aromatic rings. The zero-order valence-electron chi connectivity index (χ0n) is 11.2. The van der Waals surface area contributed by atoms with E-state index in [1.165, 1.54) is 0 Å². The number of amides is 2. The first-order chi connectivity index (χ1) is 9.08. The number of rotatable bonds is 4. The molecule has 3 N–H and O–H groups in total. The molecule has 0 aromatic carbocycles. The van der Waals surface area contributed by atoms with E-state index in [2.05, 4.69) is 16.0 Å². The van der Waals surface area contributed by atoms with E-state index in [-0.39, 0.29) is 18.3 Å². The van der Waals surface area contributed by atoms with Crippen LogP contribution in [0.4, 0.5) is 4.79 Å². The summed E-state index contributed by atoms with van der Waals surface area (Å²) < 4.78 is 23.2. The number of hydrogen-bond acceptors (Lipinski definition) is 4. The van der Waals surface area contributed by atoms with Crippen molar-refractivity contribution < 1.29 is 13.2 Å². The van der Waals surface area contributed by atoms with E-state index < -0.39 is 15.1 Å². The third-order valence-electron chi connectivity index (χ3n) is 3.90. The summed E-state index contributed by atoms with van der Waals surface area (Å²) in [5.41, 5.74) is 0. The number of urea groups is 1. The lowest BCUT2D eigenvalue weighted by Crippen LogP contribution is -2.44. The third kappa shape index (κ3) is 4.35.